The lowest BCUT2D eigenvalue weighted by molar-refractivity contribution is 0.0940. The van der Waals surface area contributed by atoms with Crippen molar-refractivity contribution < 1.29 is 4.79 Å². The SMILES string of the molecule is Cc1cc(C)n(-c2ccc(C(=O)NC(C)Cc3cncs3)cc2)n1. The number of nitrogens with zero attached hydrogens (tertiary/aromatic N) is 3. The van der Waals surface area contributed by atoms with Gasteiger partial charge in [-0.1, -0.05) is 0 Å². The zero-order valence-electron chi connectivity index (χ0n) is 14.0. The van der Waals surface area contributed by atoms with Crippen LogP contribution in [0.15, 0.2) is 42.0 Å². The lowest BCUT2D eigenvalue weighted by atomic mass is 10.1. The van der Waals surface area contributed by atoms with Crippen molar-refractivity contribution in [2.75, 3.05) is 0 Å². The van der Waals surface area contributed by atoms with E-state index in [9.17, 15) is 4.79 Å². The summed E-state index contributed by atoms with van der Waals surface area (Å²) in [4.78, 5) is 17.6. The Morgan fingerprint density at radius 2 is 2.04 bits per heavy atom. The van der Waals surface area contributed by atoms with Gasteiger partial charge in [0.15, 0.2) is 0 Å². The predicted molar refractivity (Wildman–Crippen MR) is 95.8 cm³/mol. The van der Waals surface area contributed by atoms with Gasteiger partial charge in [-0.05, 0) is 51.1 Å². The molecule has 0 bridgehead atoms. The third-order valence-corrected chi connectivity index (χ3v) is 4.55. The Bertz CT molecular complexity index is 821. The minimum absolute atomic E-state index is 0.0630. The summed E-state index contributed by atoms with van der Waals surface area (Å²) in [6.07, 6.45) is 2.64. The normalized spacial score (nSPS) is 12.1. The summed E-state index contributed by atoms with van der Waals surface area (Å²) in [5.41, 5.74) is 5.46. The molecule has 5 nitrogen and oxygen atoms in total. The van der Waals surface area contributed by atoms with Crippen LogP contribution < -0.4 is 5.32 Å². The average Bonchev–Trinajstić information content (AvgIpc) is 3.16. The number of thiazole rings is 1. The van der Waals surface area contributed by atoms with Crippen LogP contribution in [0.5, 0.6) is 0 Å². The molecule has 0 radical (unpaired) electrons. The second kappa shape index (κ2) is 6.97. The van der Waals surface area contributed by atoms with Crippen LogP contribution in [0.25, 0.3) is 5.69 Å². The van der Waals surface area contributed by atoms with Crippen molar-refractivity contribution in [3.8, 4) is 5.69 Å². The highest BCUT2D eigenvalue weighted by Crippen LogP contribution is 2.14. The van der Waals surface area contributed by atoms with E-state index in [-0.39, 0.29) is 11.9 Å². The molecule has 1 amide bonds. The van der Waals surface area contributed by atoms with E-state index in [1.54, 1.807) is 11.3 Å². The van der Waals surface area contributed by atoms with Crippen LogP contribution >= 0.6 is 11.3 Å². The second-order valence-electron chi connectivity index (χ2n) is 5.93. The molecule has 3 aromatic rings. The van der Waals surface area contributed by atoms with Gasteiger partial charge in [-0.3, -0.25) is 9.78 Å². The van der Waals surface area contributed by atoms with Crippen molar-refractivity contribution in [2.45, 2.75) is 33.2 Å². The molecule has 1 atom stereocenters. The van der Waals surface area contributed by atoms with E-state index in [0.29, 0.717) is 5.56 Å². The van der Waals surface area contributed by atoms with Crippen LogP contribution in [-0.2, 0) is 6.42 Å². The monoisotopic (exact) mass is 340 g/mol. The Morgan fingerprint density at radius 3 is 2.62 bits per heavy atom. The van der Waals surface area contributed by atoms with E-state index in [4.69, 9.17) is 0 Å². The van der Waals surface area contributed by atoms with Crippen molar-refractivity contribution in [2.24, 2.45) is 0 Å². The number of hydrogen-bond donors (Lipinski definition) is 1. The molecule has 0 aliphatic rings. The van der Waals surface area contributed by atoms with Crippen LogP contribution in [0.4, 0.5) is 0 Å². The van der Waals surface area contributed by atoms with E-state index >= 15 is 0 Å². The van der Waals surface area contributed by atoms with Gasteiger partial charge in [-0.2, -0.15) is 5.10 Å². The minimum atomic E-state index is -0.0630. The topological polar surface area (TPSA) is 59.8 Å². The standard InChI is InChI=1S/C18H20N4OS/c1-12(9-17-10-19-11-24-17)20-18(23)15-4-6-16(7-5-15)22-14(3)8-13(2)21-22/h4-8,10-12H,9H2,1-3H3,(H,20,23). The number of hydrogen-bond acceptors (Lipinski definition) is 4. The number of aromatic nitrogens is 3. The zero-order chi connectivity index (χ0) is 17.1. The highest BCUT2D eigenvalue weighted by molar-refractivity contribution is 7.09. The molecular weight excluding hydrogens is 320 g/mol. The first-order valence-electron chi connectivity index (χ1n) is 7.85. The van der Waals surface area contributed by atoms with Gasteiger partial charge in [0, 0.05) is 34.8 Å². The Balaban J connectivity index is 1.66. The van der Waals surface area contributed by atoms with Crippen LogP contribution in [0, 0.1) is 13.8 Å². The molecule has 0 aliphatic carbocycles. The summed E-state index contributed by atoms with van der Waals surface area (Å²) in [7, 11) is 0. The number of nitrogens with one attached hydrogen (secondary N) is 1. The predicted octanol–water partition coefficient (Wildman–Crippen LogP) is 3.31. The number of benzene rings is 1. The molecular formula is C18H20N4OS. The second-order valence-corrected chi connectivity index (χ2v) is 6.90. The largest absolute Gasteiger partial charge is 0.349 e. The first kappa shape index (κ1) is 16.4. The average molecular weight is 340 g/mol. The fourth-order valence-electron chi connectivity index (χ4n) is 2.65. The number of aryl methyl sites for hydroxylation is 2. The van der Waals surface area contributed by atoms with Crippen molar-refractivity contribution in [3.05, 3.63) is 63.9 Å². The van der Waals surface area contributed by atoms with Crippen molar-refractivity contribution in [1.29, 1.82) is 0 Å². The summed E-state index contributed by atoms with van der Waals surface area (Å²) in [5, 5.41) is 7.48. The molecule has 24 heavy (non-hydrogen) atoms. The number of rotatable bonds is 5. The molecule has 0 spiro atoms. The molecule has 0 saturated heterocycles. The van der Waals surface area contributed by atoms with E-state index in [1.807, 2.05) is 67.5 Å². The summed E-state index contributed by atoms with van der Waals surface area (Å²) < 4.78 is 1.88. The number of carbonyl (C=O) groups is 1. The molecule has 1 unspecified atom stereocenters. The highest BCUT2D eigenvalue weighted by Gasteiger charge is 2.12. The zero-order valence-corrected chi connectivity index (χ0v) is 14.8. The molecule has 1 N–H and O–H groups in total. The Kier molecular flexibility index (Phi) is 4.76. The fourth-order valence-corrected chi connectivity index (χ4v) is 3.37. The summed E-state index contributed by atoms with van der Waals surface area (Å²) in [5.74, 6) is -0.0630. The van der Waals surface area contributed by atoms with Crippen molar-refractivity contribution >= 4 is 17.2 Å². The Hall–Kier alpha value is -2.47. The first-order valence-corrected chi connectivity index (χ1v) is 8.73. The minimum Gasteiger partial charge on any atom is -0.349 e. The third-order valence-electron chi connectivity index (χ3n) is 3.75. The third kappa shape index (κ3) is 3.71. The van der Waals surface area contributed by atoms with Gasteiger partial charge in [0.1, 0.15) is 0 Å². The maximum absolute atomic E-state index is 12.4. The highest BCUT2D eigenvalue weighted by atomic mass is 32.1. The van der Waals surface area contributed by atoms with Gasteiger partial charge >= 0.3 is 0 Å². The number of carbonyl (C=O) groups excluding carboxylic acids is 1. The maximum Gasteiger partial charge on any atom is 0.251 e. The molecule has 0 saturated carbocycles. The molecule has 2 heterocycles. The molecule has 3 rings (SSSR count). The van der Waals surface area contributed by atoms with Gasteiger partial charge in [-0.15, -0.1) is 11.3 Å². The van der Waals surface area contributed by atoms with Crippen LogP contribution in [-0.4, -0.2) is 26.7 Å². The molecule has 0 aliphatic heterocycles. The van der Waals surface area contributed by atoms with Gasteiger partial charge in [0.05, 0.1) is 16.9 Å². The summed E-state index contributed by atoms with van der Waals surface area (Å²) in [6.45, 7) is 5.99. The summed E-state index contributed by atoms with van der Waals surface area (Å²) >= 11 is 1.60. The Morgan fingerprint density at radius 1 is 1.29 bits per heavy atom. The first-order chi connectivity index (χ1) is 11.5. The molecule has 6 heteroatoms. The summed E-state index contributed by atoms with van der Waals surface area (Å²) in [6, 6.07) is 9.60. The van der Waals surface area contributed by atoms with Gasteiger partial charge < -0.3 is 5.32 Å². The van der Waals surface area contributed by atoms with E-state index in [2.05, 4.69) is 15.4 Å². The number of amides is 1. The fraction of sp³-hybridized carbons (Fsp3) is 0.278. The molecule has 1 aromatic carbocycles. The molecule has 124 valence electrons. The quantitative estimate of drug-likeness (QED) is 0.775. The van der Waals surface area contributed by atoms with Gasteiger partial charge in [0.25, 0.3) is 5.91 Å². The van der Waals surface area contributed by atoms with Crippen LogP contribution in [0.2, 0.25) is 0 Å². The van der Waals surface area contributed by atoms with Crippen molar-refractivity contribution in [1.82, 2.24) is 20.1 Å². The van der Waals surface area contributed by atoms with Gasteiger partial charge in [-0.25, -0.2) is 4.68 Å². The molecule has 2 aromatic heterocycles. The Labute approximate surface area is 145 Å². The van der Waals surface area contributed by atoms with E-state index < -0.39 is 0 Å². The maximum atomic E-state index is 12.4. The smallest absolute Gasteiger partial charge is 0.251 e. The van der Waals surface area contributed by atoms with Crippen LogP contribution in [0.3, 0.4) is 0 Å². The molecule has 0 fully saturated rings. The van der Waals surface area contributed by atoms with Crippen LogP contribution in [0.1, 0.15) is 33.5 Å². The van der Waals surface area contributed by atoms with Gasteiger partial charge in [0.2, 0.25) is 0 Å². The van der Waals surface area contributed by atoms with E-state index in [1.165, 1.54) is 4.88 Å². The lowest BCUT2D eigenvalue weighted by Crippen LogP contribution is -2.33. The van der Waals surface area contributed by atoms with Crippen molar-refractivity contribution in [3.63, 3.8) is 0 Å². The lowest BCUT2D eigenvalue weighted by Gasteiger charge is -2.13. The van der Waals surface area contributed by atoms with E-state index in [0.717, 1.165) is 23.5 Å².